The summed E-state index contributed by atoms with van der Waals surface area (Å²) in [6.07, 6.45) is 5.68. The fraction of sp³-hybridized carbons (Fsp3) is 0.273. The van der Waals surface area contributed by atoms with E-state index in [9.17, 15) is 0 Å². The maximum atomic E-state index is 5.58. The van der Waals surface area contributed by atoms with Gasteiger partial charge in [0.1, 0.15) is 0 Å². The lowest BCUT2D eigenvalue weighted by atomic mass is 10.1. The molecule has 1 aliphatic carbocycles. The minimum absolute atomic E-state index is 0.366. The highest BCUT2D eigenvalue weighted by Crippen LogP contribution is 2.14. The summed E-state index contributed by atoms with van der Waals surface area (Å²) < 4.78 is 5.58. The molecule has 1 atom stereocenters. The molecular formula is C11H12O. The van der Waals surface area contributed by atoms with E-state index < -0.39 is 0 Å². The molecular weight excluding hydrogens is 148 g/mol. The first kappa shape index (κ1) is 7.56. The minimum Gasteiger partial charge on any atom is -0.369 e. The third-order valence-corrected chi connectivity index (χ3v) is 2.03. The van der Waals surface area contributed by atoms with Gasteiger partial charge in [-0.2, -0.15) is 0 Å². The van der Waals surface area contributed by atoms with Crippen LogP contribution in [0.3, 0.4) is 0 Å². The maximum Gasteiger partial charge on any atom is 0.0794 e. The zero-order valence-corrected chi connectivity index (χ0v) is 6.94. The molecule has 1 aliphatic rings. The minimum atomic E-state index is 0.366. The first-order chi connectivity index (χ1) is 5.95. The van der Waals surface area contributed by atoms with Gasteiger partial charge in [0.25, 0.3) is 0 Å². The normalized spacial score (nSPS) is 20.5. The van der Waals surface area contributed by atoms with Crippen LogP contribution in [-0.4, -0.2) is 6.10 Å². The third kappa shape index (κ3) is 1.74. The van der Waals surface area contributed by atoms with E-state index in [0.717, 1.165) is 13.0 Å². The second-order valence-electron chi connectivity index (χ2n) is 3.00. The molecule has 0 radical (unpaired) electrons. The molecule has 0 aliphatic heterocycles. The summed E-state index contributed by atoms with van der Waals surface area (Å²) in [5.74, 6) is 0. The van der Waals surface area contributed by atoms with E-state index in [-0.39, 0.29) is 0 Å². The van der Waals surface area contributed by atoms with Crippen LogP contribution < -0.4 is 0 Å². The summed E-state index contributed by atoms with van der Waals surface area (Å²) in [5, 5.41) is 0. The topological polar surface area (TPSA) is 9.23 Å². The van der Waals surface area contributed by atoms with Crippen LogP contribution in [0, 0.1) is 0 Å². The molecule has 0 fully saturated rings. The Balaban J connectivity index is 1.83. The lowest BCUT2D eigenvalue weighted by molar-refractivity contribution is 0.0638. The Hall–Kier alpha value is -1.08. The summed E-state index contributed by atoms with van der Waals surface area (Å²) in [6, 6.07) is 10.3. The quantitative estimate of drug-likeness (QED) is 0.617. The predicted molar refractivity (Wildman–Crippen MR) is 48.8 cm³/mol. The molecule has 0 heterocycles. The van der Waals surface area contributed by atoms with E-state index in [2.05, 4.69) is 24.3 Å². The summed E-state index contributed by atoms with van der Waals surface area (Å²) in [6.45, 7) is 0.732. The molecule has 2 rings (SSSR count). The first-order valence-electron chi connectivity index (χ1n) is 4.27. The molecule has 0 aromatic heterocycles. The Bertz CT molecular complexity index is 264. The zero-order chi connectivity index (χ0) is 8.23. The molecule has 1 aromatic carbocycles. The Morgan fingerprint density at radius 1 is 1.25 bits per heavy atom. The monoisotopic (exact) mass is 160 g/mol. The fourth-order valence-corrected chi connectivity index (χ4v) is 1.15. The van der Waals surface area contributed by atoms with Crippen molar-refractivity contribution in [1.29, 1.82) is 0 Å². The van der Waals surface area contributed by atoms with Gasteiger partial charge in [0, 0.05) is 0 Å². The molecule has 0 saturated carbocycles. The molecule has 1 aromatic rings. The Kier molecular flexibility index (Phi) is 2.23. The molecule has 12 heavy (non-hydrogen) atoms. The van der Waals surface area contributed by atoms with Crippen molar-refractivity contribution >= 4 is 0 Å². The molecule has 1 unspecified atom stereocenters. The van der Waals surface area contributed by atoms with Crippen molar-refractivity contribution in [2.75, 3.05) is 0 Å². The average molecular weight is 160 g/mol. The average Bonchev–Trinajstić information content (AvgIpc) is 2.04. The van der Waals surface area contributed by atoms with E-state index in [0.29, 0.717) is 6.10 Å². The summed E-state index contributed by atoms with van der Waals surface area (Å²) in [4.78, 5) is 0. The lowest BCUT2D eigenvalue weighted by Gasteiger charge is -2.18. The van der Waals surface area contributed by atoms with Gasteiger partial charge in [0.15, 0.2) is 0 Å². The van der Waals surface area contributed by atoms with E-state index in [1.165, 1.54) is 5.56 Å². The van der Waals surface area contributed by atoms with E-state index in [1.807, 2.05) is 18.2 Å². The van der Waals surface area contributed by atoms with Crippen LogP contribution in [0.5, 0.6) is 0 Å². The highest BCUT2D eigenvalue weighted by Gasteiger charge is 2.09. The van der Waals surface area contributed by atoms with Crippen molar-refractivity contribution in [3.05, 3.63) is 48.0 Å². The molecule has 0 bridgehead atoms. The van der Waals surface area contributed by atoms with Crippen molar-refractivity contribution in [2.45, 2.75) is 19.1 Å². The maximum absolute atomic E-state index is 5.58. The molecule has 62 valence electrons. The van der Waals surface area contributed by atoms with Gasteiger partial charge in [-0.25, -0.2) is 0 Å². The van der Waals surface area contributed by atoms with Crippen molar-refractivity contribution in [3.63, 3.8) is 0 Å². The van der Waals surface area contributed by atoms with Crippen molar-refractivity contribution in [1.82, 2.24) is 0 Å². The van der Waals surface area contributed by atoms with E-state index in [4.69, 9.17) is 4.74 Å². The molecule has 1 heteroatoms. The first-order valence-corrected chi connectivity index (χ1v) is 4.27. The lowest BCUT2D eigenvalue weighted by Crippen LogP contribution is -2.14. The Morgan fingerprint density at radius 2 is 2.00 bits per heavy atom. The van der Waals surface area contributed by atoms with Gasteiger partial charge in [-0.05, 0) is 12.0 Å². The van der Waals surface area contributed by atoms with Crippen molar-refractivity contribution in [2.24, 2.45) is 0 Å². The number of hydrogen-bond donors (Lipinski definition) is 0. The van der Waals surface area contributed by atoms with Gasteiger partial charge in [-0.3, -0.25) is 0 Å². The Morgan fingerprint density at radius 3 is 2.58 bits per heavy atom. The second kappa shape index (κ2) is 3.55. The second-order valence-corrected chi connectivity index (χ2v) is 3.00. The van der Waals surface area contributed by atoms with E-state index >= 15 is 0 Å². The molecule has 1 nitrogen and oxygen atoms in total. The zero-order valence-electron chi connectivity index (χ0n) is 6.94. The highest BCUT2D eigenvalue weighted by atomic mass is 16.5. The molecule has 0 amide bonds. The molecule has 0 spiro atoms. The number of rotatable bonds is 3. The van der Waals surface area contributed by atoms with Crippen molar-refractivity contribution in [3.8, 4) is 0 Å². The molecule has 0 N–H and O–H groups in total. The number of ether oxygens (including phenoxy) is 1. The van der Waals surface area contributed by atoms with Crippen LogP contribution in [0.15, 0.2) is 42.5 Å². The van der Waals surface area contributed by atoms with Gasteiger partial charge in [-0.1, -0.05) is 42.5 Å². The van der Waals surface area contributed by atoms with Crippen LogP contribution in [-0.2, 0) is 11.3 Å². The summed E-state index contributed by atoms with van der Waals surface area (Å²) in [5.41, 5.74) is 1.25. The number of hydrogen-bond acceptors (Lipinski definition) is 1. The van der Waals surface area contributed by atoms with Gasteiger partial charge in [0.05, 0.1) is 12.7 Å². The van der Waals surface area contributed by atoms with Crippen LogP contribution in [0.2, 0.25) is 0 Å². The van der Waals surface area contributed by atoms with Crippen LogP contribution in [0.25, 0.3) is 0 Å². The van der Waals surface area contributed by atoms with Gasteiger partial charge in [-0.15, -0.1) is 0 Å². The van der Waals surface area contributed by atoms with Crippen LogP contribution in [0.1, 0.15) is 12.0 Å². The summed E-state index contributed by atoms with van der Waals surface area (Å²) in [7, 11) is 0. The number of benzene rings is 1. The molecule has 0 saturated heterocycles. The summed E-state index contributed by atoms with van der Waals surface area (Å²) >= 11 is 0. The SMILES string of the molecule is C1=CC(OCc2ccccc2)C1. The largest absolute Gasteiger partial charge is 0.369 e. The van der Waals surface area contributed by atoms with Crippen LogP contribution in [0.4, 0.5) is 0 Å². The Labute approximate surface area is 72.7 Å². The van der Waals surface area contributed by atoms with Crippen LogP contribution >= 0.6 is 0 Å². The van der Waals surface area contributed by atoms with Gasteiger partial charge >= 0.3 is 0 Å². The van der Waals surface area contributed by atoms with Gasteiger partial charge < -0.3 is 4.74 Å². The highest BCUT2D eigenvalue weighted by molar-refractivity contribution is 5.14. The van der Waals surface area contributed by atoms with Gasteiger partial charge in [0.2, 0.25) is 0 Å². The fourth-order valence-electron chi connectivity index (χ4n) is 1.15. The van der Waals surface area contributed by atoms with Crippen molar-refractivity contribution < 1.29 is 4.74 Å². The standard InChI is InChI=1S/C11H12O/c1-2-5-10(6-3-1)9-12-11-7-4-8-11/h1-7,11H,8-9H2. The smallest absolute Gasteiger partial charge is 0.0794 e. The predicted octanol–water partition coefficient (Wildman–Crippen LogP) is 2.53. The third-order valence-electron chi connectivity index (χ3n) is 2.03. The van der Waals surface area contributed by atoms with E-state index in [1.54, 1.807) is 0 Å².